The highest BCUT2D eigenvalue weighted by molar-refractivity contribution is 8.07. The molecule has 2 nitrogen and oxygen atoms in total. The van der Waals surface area contributed by atoms with Crippen LogP contribution in [0.4, 0.5) is 0 Å². The van der Waals surface area contributed by atoms with E-state index in [0.717, 1.165) is 24.6 Å². The molecular formula is C17H28N2S2. The number of hydrogen-bond acceptors (Lipinski definition) is 4. The van der Waals surface area contributed by atoms with Gasteiger partial charge in [0.05, 0.1) is 0 Å². The van der Waals surface area contributed by atoms with Crippen LogP contribution in [0.5, 0.6) is 0 Å². The molecule has 0 aromatic carbocycles. The fourth-order valence-electron chi connectivity index (χ4n) is 2.74. The molecule has 1 aromatic heterocycles. The zero-order chi connectivity index (χ0) is 15.1. The average molecular weight is 325 g/mol. The Balaban J connectivity index is 2.03. The van der Waals surface area contributed by atoms with E-state index >= 15 is 0 Å². The van der Waals surface area contributed by atoms with Crippen molar-refractivity contribution in [1.29, 1.82) is 0 Å². The smallest absolute Gasteiger partial charge is 0.0419 e. The fraction of sp³-hybridized carbons (Fsp3) is 0.706. The standard InChI is InChI=1S/C17H28N2S2/c1-4-8-18-16(17-13(3)20-9-10-21-17)11-15-7-6-14(5-2)12-19-15/h6-7,12-13,16-18H,4-5,8-11H2,1-3H3. The zero-order valence-corrected chi connectivity index (χ0v) is 15.1. The first kappa shape index (κ1) is 17.2. The summed E-state index contributed by atoms with van der Waals surface area (Å²) in [6, 6.07) is 4.98. The van der Waals surface area contributed by atoms with Gasteiger partial charge in [-0.3, -0.25) is 4.98 Å². The Bertz CT molecular complexity index is 408. The third-order valence-electron chi connectivity index (χ3n) is 4.01. The second-order valence-corrected chi connectivity index (χ2v) is 8.46. The van der Waals surface area contributed by atoms with Crippen molar-refractivity contribution in [2.75, 3.05) is 18.1 Å². The van der Waals surface area contributed by atoms with E-state index in [0.29, 0.717) is 11.3 Å². The summed E-state index contributed by atoms with van der Waals surface area (Å²) in [6.45, 7) is 7.91. The monoisotopic (exact) mass is 324 g/mol. The molecule has 21 heavy (non-hydrogen) atoms. The highest BCUT2D eigenvalue weighted by Crippen LogP contribution is 2.33. The SMILES string of the molecule is CCCNC(Cc1ccc(CC)cn1)C1SCCSC1C. The molecule has 3 atom stereocenters. The number of rotatable bonds is 7. The summed E-state index contributed by atoms with van der Waals surface area (Å²) in [5.74, 6) is 2.58. The zero-order valence-electron chi connectivity index (χ0n) is 13.5. The molecule has 0 amide bonds. The van der Waals surface area contributed by atoms with Gasteiger partial charge in [-0.2, -0.15) is 23.5 Å². The minimum absolute atomic E-state index is 0.540. The maximum atomic E-state index is 4.66. The minimum Gasteiger partial charge on any atom is -0.312 e. The average Bonchev–Trinajstić information content (AvgIpc) is 2.53. The predicted octanol–water partition coefficient (Wildman–Crippen LogP) is 3.79. The van der Waals surface area contributed by atoms with Crippen molar-refractivity contribution in [3.05, 3.63) is 29.6 Å². The molecule has 4 heteroatoms. The molecular weight excluding hydrogens is 296 g/mol. The summed E-state index contributed by atoms with van der Waals surface area (Å²) >= 11 is 4.27. The lowest BCUT2D eigenvalue weighted by Crippen LogP contribution is -2.46. The quantitative estimate of drug-likeness (QED) is 0.825. The number of nitrogens with one attached hydrogen (secondary N) is 1. The number of aryl methyl sites for hydroxylation is 1. The van der Waals surface area contributed by atoms with Crippen LogP contribution in [0.2, 0.25) is 0 Å². The third-order valence-corrected chi connectivity index (χ3v) is 7.26. The van der Waals surface area contributed by atoms with Gasteiger partial charge in [0.2, 0.25) is 0 Å². The van der Waals surface area contributed by atoms with Crippen molar-refractivity contribution >= 4 is 23.5 Å². The Morgan fingerprint density at radius 3 is 2.71 bits per heavy atom. The number of nitrogens with zero attached hydrogens (tertiary/aromatic N) is 1. The minimum atomic E-state index is 0.540. The van der Waals surface area contributed by atoms with Gasteiger partial charge < -0.3 is 5.32 Å². The summed E-state index contributed by atoms with van der Waals surface area (Å²) in [5.41, 5.74) is 2.55. The van der Waals surface area contributed by atoms with Crippen molar-refractivity contribution in [3.63, 3.8) is 0 Å². The number of hydrogen-bond donors (Lipinski definition) is 1. The topological polar surface area (TPSA) is 24.9 Å². The lowest BCUT2D eigenvalue weighted by molar-refractivity contribution is 0.483. The van der Waals surface area contributed by atoms with Crippen molar-refractivity contribution in [3.8, 4) is 0 Å². The van der Waals surface area contributed by atoms with E-state index in [1.54, 1.807) is 0 Å². The highest BCUT2D eigenvalue weighted by Gasteiger charge is 2.30. The van der Waals surface area contributed by atoms with Crippen LogP contribution in [0.25, 0.3) is 0 Å². The van der Waals surface area contributed by atoms with E-state index < -0.39 is 0 Å². The fourth-order valence-corrected chi connectivity index (χ4v) is 5.70. The van der Waals surface area contributed by atoms with Crippen molar-refractivity contribution in [1.82, 2.24) is 10.3 Å². The van der Waals surface area contributed by atoms with Gasteiger partial charge in [0.1, 0.15) is 0 Å². The molecule has 1 aromatic rings. The van der Waals surface area contributed by atoms with Gasteiger partial charge in [-0.05, 0) is 31.0 Å². The molecule has 1 aliphatic rings. The van der Waals surface area contributed by atoms with Gasteiger partial charge in [0.15, 0.2) is 0 Å². The van der Waals surface area contributed by atoms with Crippen molar-refractivity contribution < 1.29 is 0 Å². The first-order valence-electron chi connectivity index (χ1n) is 8.15. The van der Waals surface area contributed by atoms with Crippen LogP contribution in [0.15, 0.2) is 18.3 Å². The van der Waals surface area contributed by atoms with Crippen LogP contribution < -0.4 is 5.32 Å². The second-order valence-electron chi connectivity index (χ2n) is 5.69. The molecule has 3 unspecified atom stereocenters. The molecule has 2 heterocycles. The van der Waals surface area contributed by atoms with Crippen LogP contribution >= 0.6 is 23.5 Å². The molecule has 0 radical (unpaired) electrons. The van der Waals surface area contributed by atoms with Crippen molar-refractivity contribution in [2.45, 2.75) is 56.6 Å². The predicted molar refractivity (Wildman–Crippen MR) is 97.6 cm³/mol. The van der Waals surface area contributed by atoms with E-state index in [1.165, 1.54) is 29.2 Å². The van der Waals surface area contributed by atoms with Crippen LogP contribution in [0.1, 0.15) is 38.4 Å². The maximum Gasteiger partial charge on any atom is 0.0419 e. The lowest BCUT2D eigenvalue weighted by atomic mass is 10.0. The Hall–Kier alpha value is -0.190. The molecule has 0 spiro atoms. The third kappa shape index (κ3) is 5.19. The summed E-state index contributed by atoms with van der Waals surface area (Å²) in [7, 11) is 0. The van der Waals surface area contributed by atoms with E-state index in [-0.39, 0.29) is 0 Å². The lowest BCUT2D eigenvalue weighted by Gasteiger charge is -2.35. The molecule has 0 saturated carbocycles. The van der Waals surface area contributed by atoms with E-state index in [4.69, 9.17) is 0 Å². The maximum absolute atomic E-state index is 4.66. The second kappa shape index (κ2) is 9.06. The van der Waals surface area contributed by atoms with Gasteiger partial charge in [-0.1, -0.05) is 26.8 Å². The van der Waals surface area contributed by atoms with Crippen LogP contribution in [0.3, 0.4) is 0 Å². The van der Waals surface area contributed by atoms with Crippen molar-refractivity contribution in [2.24, 2.45) is 0 Å². The van der Waals surface area contributed by atoms with E-state index in [9.17, 15) is 0 Å². The Kier molecular flexibility index (Phi) is 7.41. The number of pyridine rings is 1. The highest BCUT2D eigenvalue weighted by atomic mass is 32.2. The summed E-state index contributed by atoms with van der Waals surface area (Å²) in [4.78, 5) is 4.66. The normalized spacial score (nSPS) is 24.0. The number of thioether (sulfide) groups is 2. The summed E-state index contributed by atoms with van der Waals surface area (Å²) < 4.78 is 0. The molecule has 0 aliphatic carbocycles. The molecule has 0 bridgehead atoms. The molecule has 118 valence electrons. The van der Waals surface area contributed by atoms with Gasteiger partial charge in [0, 0.05) is 46.4 Å². The molecule has 2 rings (SSSR count). The van der Waals surface area contributed by atoms with E-state index in [1.807, 2.05) is 6.20 Å². The molecule has 1 saturated heterocycles. The summed E-state index contributed by atoms with van der Waals surface area (Å²) in [6.07, 6.45) is 5.35. The first-order valence-corrected chi connectivity index (χ1v) is 10.2. The van der Waals surface area contributed by atoms with Crippen LogP contribution in [0, 0.1) is 0 Å². The Morgan fingerprint density at radius 1 is 1.29 bits per heavy atom. The van der Waals surface area contributed by atoms with Gasteiger partial charge in [0.25, 0.3) is 0 Å². The molecule has 1 aliphatic heterocycles. The summed E-state index contributed by atoms with van der Waals surface area (Å²) in [5, 5.41) is 5.20. The Morgan fingerprint density at radius 2 is 2.10 bits per heavy atom. The van der Waals surface area contributed by atoms with Gasteiger partial charge in [-0.15, -0.1) is 0 Å². The van der Waals surface area contributed by atoms with Gasteiger partial charge >= 0.3 is 0 Å². The number of aromatic nitrogens is 1. The van der Waals surface area contributed by atoms with E-state index in [2.05, 4.69) is 66.7 Å². The molecule has 1 N–H and O–H groups in total. The van der Waals surface area contributed by atoms with Crippen LogP contribution in [-0.4, -0.2) is 39.6 Å². The molecule has 1 fully saturated rings. The largest absolute Gasteiger partial charge is 0.312 e. The Labute approximate surface area is 138 Å². The first-order chi connectivity index (χ1) is 10.2. The van der Waals surface area contributed by atoms with Crippen LogP contribution in [-0.2, 0) is 12.8 Å². The van der Waals surface area contributed by atoms with Gasteiger partial charge in [-0.25, -0.2) is 0 Å².